The fourth-order valence-corrected chi connectivity index (χ4v) is 6.05. The van der Waals surface area contributed by atoms with Crippen molar-refractivity contribution in [2.24, 2.45) is 23.2 Å². The lowest BCUT2D eigenvalue weighted by atomic mass is 9.49. The Morgan fingerprint density at radius 3 is 2.21 bits per heavy atom. The van der Waals surface area contributed by atoms with E-state index in [2.05, 4.69) is 10.6 Å². The maximum Gasteiger partial charge on any atom is 0.248 e. The fourth-order valence-electron chi connectivity index (χ4n) is 6.05. The number of anilines is 2. The molecule has 0 aliphatic heterocycles. The summed E-state index contributed by atoms with van der Waals surface area (Å²) < 4.78 is 5.18. The molecule has 6 rings (SSSR count). The third kappa shape index (κ3) is 3.74. The van der Waals surface area contributed by atoms with Crippen LogP contribution in [-0.4, -0.2) is 11.8 Å². The molecule has 5 nitrogen and oxygen atoms in total. The number of nitrogens with one attached hydrogen (secondary N) is 2. The predicted octanol–water partition coefficient (Wildman–Crippen LogP) is 5.09. The van der Waals surface area contributed by atoms with Crippen LogP contribution >= 0.6 is 0 Å². The molecule has 4 aliphatic rings. The molecule has 29 heavy (non-hydrogen) atoms. The lowest BCUT2D eigenvalue weighted by Gasteiger charge is -2.55. The first kappa shape index (κ1) is 18.2. The van der Waals surface area contributed by atoms with Crippen molar-refractivity contribution in [3.05, 3.63) is 54.5 Å². The Balaban J connectivity index is 1.24. The lowest BCUT2D eigenvalue weighted by Crippen LogP contribution is -2.51. The number of carbonyl (C=O) groups excluding carboxylic acids is 2. The van der Waals surface area contributed by atoms with Gasteiger partial charge in [0.05, 0.1) is 11.7 Å². The molecule has 4 fully saturated rings. The molecule has 0 saturated heterocycles. The van der Waals surface area contributed by atoms with Gasteiger partial charge >= 0.3 is 0 Å². The van der Waals surface area contributed by atoms with Crippen LogP contribution in [0.4, 0.5) is 11.4 Å². The van der Waals surface area contributed by atoms with Crippen molar-refractivity contribution in [2.45, 2.75) is 38.5 Å². The minimum atomic E-state index is -0.244. The summed E-state index contributed by atoms with van der Waals surface area (Å²) in [6.45, 7) is 0. The molecule has 2 N–H and O–H groups in total. The lowest BCUT2D eigenvalue weighted by molar-refractivity contribution is -0.140. The predicted molar refractivity (Wildman–Crippen MR) is 112 cm³/mol. The summed E-state index contributed by atoms with van der Waals surface area (Å²) in [6.07, 6.45) is 11.7. The number of furan rings is 1. The first-order valence-corrected chi connectivity index (χ1v) is 10.5. The Hall–Kier alpha value is -2.82. The summed E-state index contributed by atoms with van der Waals surface area (Å²) in [6, 6.07) is 10.9. The standard InChI is InChI=1S/C24H26N2O3/c27-22(7-6-21-5-2-8-29-21)25-19-3-1-4-20(12-19)26-23(28)24-13-16-9-17(14-24)11-18(10-16)15-24/h1-8,12,16-18H,9-11,13-15H2,(H,25,27)(H,26,28)/b7-6+. The van der Waals surface area contributed by atoms with Crippen molar-refractivity contribution in [1.82, 2.24) is 0 Å². The first-order valence-electron chi connectivity index (χ1n) is 10.5. The van der Waals surface area contributed by atoms with Crippen LogP contribution in [0.25, 0.3) is 6.08 Å². The molecule has 1 aromatic carbocycles. The van der Waals surface area contributed by atoms with Gasteiger partial charge in [0, 0.05) is 17.5 Å². The van der Waals surface area contributed by atoms with Crippen LogP contribution in [0.2, 0.25) is 0 Å². The molecule has 5 heteroatoms. The monoisotopic (exact) mass is 390 g/mol. The topological polar surface area (TPSA) is 71.3 Å². The average Bonchev–Trinajstić information content (AvgIpc) is 3.19. The molecule has 4 saturated carbocycles. The zero-order chi connectivity index (χ0) is 19.8. The van der Waals surface area contributed by atoms with Crippen LogP contribution < -0.4 is 10.6 Å². The number of amides is 2. The summed E-state index contributed by atoms with van der Waals surface area (Å²) in [5, 5.41) is 5.98. The third-order valence-electron chi connectivity index (χ3n) is 6.85. The average molecular weight is 390 g/mol. The molecule has 0 spiro atoms. The highest BCUT2D eigenvalue weighted by Gasteiger charge is 2.54. The van der Waals surface area contributed by atoms with E-state index in [4.69, 9.17) is 4.42 Å². The molecule has 0 radical (unpaired) electrons. The van der Waals surface area contributed by atoms with Crippen LogP contribution in [0, 0.1) is 23.2 Å². The minimum absolute atomic E-state index is 0.165. The normalized spacial score (nSPS) is 29.9. The Morgan fingerprint density at radius 2 is 1.59 bits per heavy atom. The van der Waals surface area contributed by atoms with E-state index in [0.29, 0.717) is 11.4 Å². The van der Waals surface area contributed by atoms with Crippen molar-refractivity contribution >= 4 is 29.3 Å². The van der Waals surface area contributed by atoms with Gasteiger partial charge in [-0.1, -0.05) is 6.07 Å². The van der Waals surface area contributed by atoms with Crippen molar-refractivity contribution < 1.29 is 14.0 Å². The van der Waals surface area contributed by atoms with Gasteiger partial charge in [-0.2, -0.15) is 0 Å². The summed E-state index contributed by atoms with van der Waals surface area (Å²) >= 11 is 0. The van der Waals surface area contributed by atoms with E-state index >= 15 is 0 Å². The van der Waals surface area contributed by atoms with Gasteiger partial charge in [-0.25, -0.2) is 0 Å². The van der Waals surface area contributed by atoms with Crippen molar-refractivity contribution in [2.75, 3.05) is 10.6 Å². The molecule has 4 bridgehead atoms. The van der Waals surface area contributed by atoms with Crippen molar-refractivity contribution in [3.63, 3.8) is 0 Å². The number of hydrogen-bond donors (Lipinski definition) is 2. The summed E-state index contributed by atoms with van der Waals surface area (Å²) in [5.74, 6) is 2.75. The van der Waals surface area contributed by atoms with Gasteiger partial charge in [0.15, 0.2) is 0 Å². The number of hydrogen-bond acceptors (Lipinski definition) is 3. The van der Waals surface area contributed by atoms with Crippen LogP contribution in [0.15, 0.2) is 53.2 Å². The zero-order valence-corrected chi connectivity index (χ0v) is 16.4. The highest BCUT2D eigenvalue weighted by molar-refractivity contribution is 6.02. The molecule has 2 aromatic rings. The van der Waals surface area contributed by atoms with E-state index < -0.39 is 0 Å². The summed E-state index contributed by atoms with van der Waals surface area (Å²) in [4.78, 5) is 25.4. The van der Waals surface area contributed by atoms with Crippen LogP contribution in [0.1, 0.15) is 44.3 Å². The smallest absolute Gasteiger partial charge is 0.248 e. The second-order valence-electron chi connectivity index (χ2n) is 9.07. The Bertz CT molecular complexity index is 910. The first-order chi connectivity index (χ1) is 14.1. The molecular weight excluding hydrogens is 364 g/mol. The minimum Gasteiger partial charge on any atom is -0.465 e. The molecule has 150 valence electrons. The third-order valence-corrected chi connectivity index (χ3v) is 6.85. The Kier molecular flexibility index (Phi) is 4.53. The van der Waals surface area contributed by atoms with E-state index in [1.807, 2.05) is 24.3 Å². The Morgan fingerprint density at radius 1 is 0.931 bits per heavy atom. The van der Waals surface area contributed by atoms with E-state index in [1.54, 1.807) is 24.5 Å². The SMILES string of the molecule is O=C(/C=C/c1ccco1)Nc1cccc(NC(=O)C23CC4CC(CC(C4)C2)C3)c1. The van der Waals surface area contributed by atoms with Gasteiger partial charge in [0.2, 0.25) is 11.8 Å². The molecule has 4 aliphatic carbocycles. The zero-order valence-electron chi connectivity index (χ0n) is 16.4. The van der Waals surface area contributed by atoms with Gasteiger partial charge in [0.25, 0.3) is 0 Å². The number of carbonyl (C=O) groups is 2. The second kappa shape index (κ2) is 7.21. The van der Waals surface area contributed by atoms with Crippen molar-refractivity contribution in [3.8, 4) is 0 Å². The summed E-state index contributed by atoms with van der Waals surface area (Å²) in [5.41, 5.74) is 1.21. The largest absolute Gasteiger partial charge is 0.465 e. The molecule has 0 atom stereocenters. The van der Waals surface area contributed by atoms with Gasteiger partial charge < -0.3 is 15.1 Å². The van der Waals surface area contributed by atoms with E-state index in [0.717, 1.165) is 42.7 Å². The van der Waals surface area contributed by atoms with Gasteiger partial charge in [-0.05, 0) is 92.7 Å². The van der Waals surface area contributed by atoms with Crippen LogP contribution in [0.5, 0.6) is 0 Å². The van der Waals surface area contributed by atoms with Gasteiger partial charge in [-0.15, -0.1) is 0 Å². The number of benzene rings is 1. The van der Waals surface area contributed by atoms with Crippen molar-refractivity contribution in [1.29, 1.82) is 0 Å². The van der Waals surface area contributed by atoms with E-state index in [1.165, 1.54) is 25.3 Å². The fraction of sp³-hybridized carbons (Fsp3) is 0.417. The second-order valence-corrected chi connectivity index (χ2v) is 9.07. The van der Waals surface area contributed by atoms with Gasteiger partial charge in [0.1, 0.15) is 5.76 Å². The quantitative estimate of drug-likeness (QED) is 0.699. The molecule has 1 heterocycles. The maximum atomic E-state index is 13.2. The molecule has 1 aromatic heterocycles. The summed E-state index contributed by atoms with van der Waals surface area (Å²) in [7, 11) is 0. The van der Waals surface area contributed by atoms with E-state index in [9.17, 15) is 9.59 Å². The van der Waals surface area contributed by atoms with Crippen LogP contribution in [-0.2, 0) is 9.59 Å². The number of rotatable bonds is 5. The Labute approximate surface area is 170 Å². The van der Waals surface area contributed by atoms with Gasteiger partial charge in [-0.3, -0.25) is 9.59 Å². The van der Waals surface area contributed by atoms with E-state index in [-0.39, 0.29) is 17.2 Å². The maximum absolute atomic E-state index is 13.2. The highest BCUT2D eigenvalue weighted by Crippen LogP contribution is 2.60. The molecule has 0 unspecified atom stereocenters. The highest BCUT2D eigenvalue weighted by atomic mass is 16.3. The van der Waals surface area contributed by atoms with Crippen LogP contribution in [0.3, 0.4) is 0 Å². The molecular formula is C24H26N2O3. The molecule has 2 amide bonds.